The lowest BCUT2D eigenvalue weighted by molar-refractivity contribution is 0.271. The lowest BCUT2D eigenvalue weighted by Crippen LogP contribution is -2.31. The fraction of sp³-hybridized carbons (Fsp3) is 0.538. The van der Waals surface area contributed by atoms with Gasteiger partial charge in [0.15, 0.2) is 0 Å². The maximum atomic E-state index is 12.2. The van der Waals surface area contributed by atoms with E-state index in [0.29, 0.717) is 24.7 Å². The van der Waals surface area contributed by atoms with E-state index in [1.165, 1.54) is 12.1 Å². The van der Waals surface area contributed by atoms with Crippen molar-refractivity contribution < 1.29 is 8.42 Å². The minimum Gasteiger partial charge on any atom is -0.399 e. The third kappa shape index (κ3) is 5.30. The second kappa shape index (κ2) is 7.65. The van der Waals surface area contributed by atoms with Gasteiger partial charge in [0.1, 0.15) is 4.90 Å². The molecule has 3 N–H and O–H groups in total. The maximum absolute atomic E-state index is 12.2. The van der Waals surface area contributed by atoms with Crippen molar-refractivity contribution >= 4 is 38.9 Å². The highest BCUT2D eigenvalue weighted by Gasteiger charge is 2.21. The van der Waals surface area contributed by atoms with Crippen LogP contribution in [0.5, 0.6) is 0 Å². The van der Waals surface area contributed by atoms with Crippen molar-refractivity contribution in [1.29, 1.82) is 0 Å². The van der Waals surface area contributed by atoms with Gasteiger partial charge >= 0.3 is 0 Å². The molecule has 0 fully saturated rings. The Hall–Kier alpha value is -0.530. The molecule has 0 aliphatic heterocycles. The van der Waals surface area contributed by atoms with E-state index in [2.05, 4.69) is 23.5 Å². The summed E-state index contributed by atoms with van der Waals surface area (Å²) in [6, 6.07) is 3.16. The van der Waals surface area contributed by atoms with Crippen LogP contribution >= 0.6 is 23.2 Å². The first kappa shape index (κ1) is 18.5. The van der Waals surface area contributed by atoms with Crippen molar-refractivity contribution in [1.82, 2.24) is 9.62 Å². The van der Waals surface area contributed by atoms with Crippen molar-refractivity contribution in [2.24, 2.45) is 0 Å². The van der Waals surface area contributed by atoms with Crippen LogP contribution in [0.3, 0.4) is 0 Å². The van der Waals surface area contributed by atoms with Crippen LogP contribution in [0.4, 0.5) is 5.69 Å². The van der Waals surface area contributed by atoms with E-state index in [-0.39, 0.29) is 14.9 Å². The molecular weight excluding hydrogens is 333 g/mol. The quantitative estimate of drug-likeness (QED) is 0.583. The molecule has 0 saturated carbocycles. The largest absolute Gasteiger partial charge is 0.399 e. The molecule has 120 valence electrons. The molecule has 0 heterocycles. The number of hydrogen-bond acceptors (Lipinski definition) is 4. The number of nitrogens with two attached hydrogens (primary N) is 1. The van der Waals surface area contributed by atoms with Gasteiger partial charge in [-0.15, -0.1) is 0 Å². The molecule has 0 unspecified atom stereocenters. The first-order valence-corrected chi connectivity index (χ1v) is 8.83. The smallest absolute Gasteiger partial charge is 0.243 e. The topological polar surface area (TPSA) is 75.4 Å². The van der Waals surface area contributed by atoms with Gasteiger partial charge in [0.25, 0.3) is 0 Å². The molecule has 21 heavy (non-hydrogen) atoms. The average molecular weight is 354 g/mol. The van der Waals surface area contributed by atoms with Crippen LogP contribution in [0.1, 0.15) is 20.3 Å². The number of rotatable bonds is 7. The summed E-state index contributed by atoms with van der Waals surface area (Å²) in [6.07, 6.45) is 0.693. The van der Waals surface area contributed by atoms with E-state index in [4.69, 9.17) is 28.9 Å². The lowest BCUT2D eigenvalue weighted by atomic mass is 10.3. The molecule has 8 heteroatoms. The summed E-state index contributed by atoms with van der Waals surface area (Å²) in [5, 5.41) is 0.0404. The second-order valence-corrected chi connectivity index (χ2v) is 7.66. The van der Waals surface area contributed by atoms with Crippen molar-refractivity contribution in [3.63, 3.8) is 0 Å². The predicted octanol–water partition coefficient (Wildman–Crippen LogP) is 2.58. The van der Waals surface area contributed by atoms with Crippen LogP contribution in [0, 0.1) is 0 Å². The minimum absolute atomic E-state index is 0.0202. The summed E-state index contributed by atoms with van der Waals surface area (Å²) < 4.78 is 27.0. The van der Waals surface area contributed by atoms with Crippen LogP contribution in [0.25, 0.3) is 0 Å². The Kier molecular flexibility index (Phi) is 6.74. The highest BCUT2D eigenvalue weighted by Crippen LogP contribution is 2.31. The first-order chi connectivity index (χ1) is 9.65. The van der Waals surface area contributed by atoms with Crippen molar-refractivity contribution in [2.45, 2.75) is 31.2 Å². The zero-order chi connectivity index (χ0) is 16.2. The van der Waals surface area contributed by atoms with Crippen LogP contribution in [-0.4, -0.2) is 39.5 Å². The molecular formula is C13H21Cl2N3O2S. The van der Waals surface area contributed by atoms with Gasteiger partial charge in [-0.25, -0.2) is 13.1 Å². The number of anilines is 1. The molecule has 1 rings (SSSR count). The van der Waals surface area contributed by atoms with Crippen molar-refractivity contribution in [3.8, 4) is 0 Å². The Morgan fingerprint density at radius 1 is 1.29 bits per heavy atom. The number of nitrogens with zero attached hydrogens (tertiary/aromatic N) is 1. The molecule has 1 aromatic rings. The third-order valence-electron chi connectivity index (χ3n) is 3.15. The zero-order valence-corrected chi connectivity index (χ0v) is 14.7. The molecule has 0 aromatic heterocycles. The normalized spacial score (nSPS) is 12.3. The zero-order valence-electron chi connectivity index (χ0n) is 12.4. The SMILES string of the molecule is CC(C)N(C)CCCNS(=O)(=O)c1c(Cl)cc(N)cc1Cl. The Balaban J connectivity index is 2.71. The fourth-order valence-electron chi connectivity index (χ4n) is 1.70. The van der Waals surface area contributed by atoms with E-state index < -0.39 is 10.0 Å². The second-order valence-electron chi connectivity index (χ2n) is 5.14. The van der Waals surface area contributed by atoms with Crippen LogP contribution in [0.15, 0.2) is 17.0 Å². The summed E-state index contributed by atoms with van der Waals surface area (Å²) in [5.74, 6) is 0. The number of halogens is 2. The molecule has 0 radical (unpaired) electrons. The molecule has 5 nitrogen and oxygen atoms in total. The molecule has 0 spiro atoms. The van der Waals surface area contributed by atoms with Gasteiger partial charge in [0.05, 0.1) is 10.0 Å². The fourth-order valence-corrected chi connectivity index (χ4v) is 4.00. The van der Waals surface area contributed by atoms with Gasteiger partial charge in [-0.3, -0.25) is 0 Å². The number of sulfonamides is 1. The Morgan fingerprint density at radius 2 is 1.81 bits per heavy atom. The summed E-state index contributed by atoms with van der Waals surface area (Å²) in [4.78, 5) is 2.01. The highest BCUT2D eigenvalue weighted by atomic mass is 35.5. The van der Waals surface area contributed by atoms with E-state index in [0.717, 1.165) is 6.54 Å². The Bertz CT molecular complexity index is 568. The van der Waals surface area contributed by atoms with E-state index in [1.807, 2.05) is 7.05 Å². The summed E-state index contributed by atoms with van der Waals surface area (Å²) in [6.45, 7) is 5.27. The Morgan fingerprint density at radius 3 is 2.29 bits per heavy atom. The number of nitrogen functional groups attached to an aromatic ring is 1. The molecule has 1 aromatic carbocycles. The van der Waals surface area contributed by atoms with Gasteiger partial charge in [0, 0.05) is 18.3 Å². The lowest BCUT2D eigenvalue weighted by Gasteiger charge is -2.20. The van der Waals surface area contributed by atoms with Crippen LogP contribution in [-0.2, 0) is 10.0 Å². The van der Waals surface area contributed by atoms with Gasteiger partial charge in [-0.2, -0.15) is 0 Å². The maximum Gasteiger partial charge on any atom is 0.243 e. The molecule has 0 amide bonds. The number of nitrogens with one attached hydrogen (secondary N) is 1. The first-order valence-electron chi connectivity index (χ1n) is 6.59. The predicted molar refractivity (Wildman–Crippen MR) is 88.4 cm³/mol. The van der Waals surface area contributed by atoms with E-state index in [1.54, 1.807) is 0 Å². The number of benzene rings is 1. The minimum atomic E-state index is -3.74. The molecule has 0 bridgehead atoms. The van der Waals surface area contributed by atoms with Crippen molar-refractivity contribution in [2.75, 3.05) is 25.9 Å². The Labute approximate surface area is 136 Å². The van der Waals surface area contributed by atoms with Crippen molar-refractivity contribution in [3.05, 3.63) is 22.2 Å². The number of hydrogen-bond donors (Lipinski definition) is 2. The average Bonchev–Trinajstić information content (AvgIpc) is 2.32. The standard InChI is InChI=1S/C13H21Cl2N3O2S/c1-9(2)18(3)6-4-5-17-21(19,20)13-11(14)7-10(16)8-12(13)15/h7-9,17H,4-6,16H2,1-3H3. The molecule has 0 saturated heterocycles. The van der Waals surface area contributed by atoms with Crippen LogP contribution < -0.4 is 10.5 Å². The summed E-state index contributed by atoms with van der Waals surface area (Å²) >= 11 is 11.9. The van der Waals surface area contributed by atoms with E-state index in [9.17, 15) is 8.42 Å². The molecule has 0 aliphatic rings. The molecule has 0 atom stereocenters. The third-order valence-corrected chi connectivity index (χ3v) is 5.53. The molecule has 0 aliphatic carbocycles. The highest BCUT2D eigenvalue weighted by molar-refractivity contribution is 7.89. The van der Waals surface area contributed by atoms with Gasteiger partial charge in [-0.05, 0) is 46.0 Å². The summed E-state index contributed by atoms with van der Waals surface area (Å²) in [7, 11) is -1.75. The van der Waals surface area contributed by atoms with Gasteiger partial charge < -0.3 is 10.6 Å². The van der Waals surface area contributed by atoms with E-state index >= 15 is 0 Å². The monoisotopic (exact) mass is 353 g/mol. The van der Waals surface area contributed by atoms with Crippen LogP contribution in [0.2, 0.25) is 10.0 Å². The summed E-state index contributed by atoms with van der Waals surface area (Å²) in [5.41, 5.74) is 5.89. The van der Waals surface area contributed by atoms with Gasteiger partial charge in [-0.1, -0.05) is 23.2 Å². The van der Waals surface area contributed by atoms with Gasteiger partial charge in [0.2, 0.25) is 10.0 Å².